The second-order valence-electron chi connectivity index (χ2n) is 3.80. The highest BCUT2D eigenvalue weighted by molar-refractivity contribution is 9.13. The van der Waals surface area contributed by atoms with E-state index in [2.05, 4.69) is 42.3 Å². The van der Waals surface area contributed by atoms with Crippen LogP contribution in [0.5, 0.6) is 0 Å². The van der Waals surface area contributed by atoms with Crippen molar-refractivity contribution in [2.24, 2.45) is 0 Å². The van der Waals surface area contributed by atoms with Crippen molar-refractivity contribution < 1.29 is 4.79 Å². The predicted octanol–water partition coefficient (Wildman–Crippen LogP) is 3.06. The highest BCUT2D eigenvalue weighted by Gasteiger charge is 2.11. The van der Waals surface area contributed by atoms with Crippen LogP contribution in [0.25, 0.3) is 0 Å². The predicted molar refractivity (Wildman–Crippen MR) is 84.0 cm³/mol. The van der Waals surface area contributed by atoms with E-state index < -0.39 is 5.56 Å². The van der Waals surface area contributed by atoms with E-state index in [1.54, 1.807) is 24.3 Å². The molecule has 0 unspecified atom stereocenters. The Balaban J connectivity index is 2.15. The van der Waals surface area contributed by atoms with Crippen LogP contribution < -0.4 is 10.9 Å². The molecule has 2 aromatic rings. The summed E-state index contributed by atoms with van der Waals surface area (Å²) in [6, 6.07) is 6.85. The molecule has 8 heteroatoms. The lowest BCUT2D eigenvalue weighted by Crippen LogP contribution is -2.30. The smallest absolute Gasteiger partial charge is 0.282 e. The Morgan fingerprint density at radius 2 is 2.05 bits per heavy atom. The lowest BCUT2D eigenvalue weighted by molar-refractivity contribution is -0.117. The van der Waals surface area contributed by atoms with Gasteiger partial charge in [0.15, 0.2) is 0 Å². The van der Waals surface area contributed by atoms with Gasteiger partial charge < -0.3 is 5.32 Å². The third-order valence-electron chi connectivity index (χ3n) is 2.38. The van der Waals surface area contributed by atoms with Crippen LogP contribution in [0.2, 0.25) is 5.02 Å². The van der Waals surface area contributed by atoms with Gasteiger partial charge in [-0.05, 0) is 44.0 Å². The first-order valence-electron chi connectivity index (χ1n) is 5.44. The van der Waals surface area contributed by atoms with Crippen LogP contribution in [0.15, 0.2) is 44.2 Å². The molecule has 1 aromatic heterocycles. The van der Waals surface area contributed by atoms with Gasteiger partial charge in [-0.2, -0.15) is 5.10 Å². The van der Waals surface area contributed by atoms with Crippen molar-refractivity contribution in [2.45, 2.75) is 6.54 Å². The molecule has 0 aliphatic rings. The first-order chi connectivity index (χ1) is 9.49. The number of carbonyl (C=O) groups excluding carboxylic acids is 1. The average Bonchev–Trinajstić information content (AvgIpc) is 2.42. The van der Waals surface area contributed by atoms with Crippen LogP contribution in [-0.4, -0.2) is 15.7 Å². The second-order valence-corrected chi connectivity index (χ2v) is 5.85. The van der Waals surface area contributed by atoms with Gasteiger partial charge in [0.2, 0.25) is 5.91 Å². The molecule has 1 amide bonds. The fourth-order valence-electron chi connectivity index (χ4n) is 1.45. The number of carbonyl (C=O) groups is 1. The van der Waals surface area contributed by atoms with Crippen LogP contribution in [0, 0.1) is 0 Å². The summed E-state index contributed by atoms with van der Waals surface area (Å²) in [6.07, 6.45) is 1.44. The Labute approximate surface area is 136 Å². The lowest BCUT2D eigenvalue weighted by Gasteiger charge is -2.08. The number of rotatable bonds is 3. The van der Waals surface area contributed by atoms with E-state index in [9.17, 15) is 9.59 Å². The van der Waals surface area contributed by atoms with Gasteiger partial charge in [-0.1, -0.05) is 23.7 Å². The molecule has 0 bridgehead atoms. The summed E-state index contributed by atoms with van der Waals surface area (Å²) in [4.78, 5) is 23.7. The van der Waals surface area contributed by atoms with Gasteiger partial charge in [-0.25, -0.2) is 4.68 Å². The monoisotopic (exact) mass is 419 g/mol. The van der Waals surface area contributed by atoms with Gasteiger partial charge in [-0.15, -0.1) is 0 Å². The van der Waals surface area contributed by atoms with Gasteiger partial charge in [0, 0.05) is 0 Å². The Bertz CT molecular complexity index is 718. The van der Waals surface area contributed by atoms with Crippen LogP contribution >= 0.6 is 43.5 Å². The number of aromatic nitrogens is 2. The molecule has 0 saturated heterocycles. The summed E-state index contributed by atoms with van der Waals surface area (Å²) in [5.74, 6) is -0.387. The number of nitrogens with zero attached hydrogens (tertiary/aromatic N) is 2. The Kier molecular flexibility index (Phi) is 4.95. The van der Waals surface area contributed by atoms with Crippen molar-refractivity contribution in [3.8, 4) is 0 Å². The van der Waals surface area contributed by atoms with Crippen LogP contribution in [0.4, 0.5) is 5.69 Å². The van der Waals surface area contributed by atoms with Gasteiger partial charge in [0.1, 0.15) is 11.0 Å². The van der Waals surface area contributed by atoms with Gasteiger partial charge in [-0.3, -0.25) is 9.59 Å². The molecule has 2 rings (SSSR count). The van der Waals surface area contributed by atoms with E-state index in [-0.39, 0.29) is 12.5 Å². The van der Waals surface area contributed by atoms with Crippen molar-refractivity contribution >= 4 is 55.1 Å². The van der Waals surface area contributed by atoms with Crippen LogP contribution in [0.1, 0.15) is 0 Å². The first-order valence-corrected chi connectivity index (χ1v) is 7.41. The number of hydrogen-bond donors (Lipinski definition) is 1. The van der Waals surface area contributed by atoms with E-state index in [0.29, 0.717) is 19.7 Å². The summed E-state index contributed by atoms with van der Waals surface area (Å²) >= 11 is 12.2. The highest BCUT2D eigenvalue weighted by Crippen LogP contribution is 2.20. The normalized spacial score (nSPS) is 10.3. The van der Waals surface area contributed by atoms with E-state index in [1.807, 2.05) is 0 Å². The maximum absolute atomic E-state index is 11.9. The molecular weight excluding hydrogens is 413 g/mol. The van der Waals surface area contributed by atoms with E-state index >= 15 is 0 Å². The lowest BCUT2D eigenvalue weighted by atomic mass is 10.3. The van der Waals surface area contributed by atoms with Gasteiger partial charge >= 0.3 is 0 Å². The van der Waals surface area contributed by atoms with Gasteiger partial charge in [0.05, 0.1) is 21.4 Å². The molecule has 0 aliphatic heterocycles. The van der Waals surface area contributed by atoms with E-state index in [4.69, 9.17) is 11.6 Å². The first kappa shape index (κ1) is 15.2. The summed E-state index contributed by atoms with van der Waals surface area (Å²) < 4.78 is 1.91. The van der Waals surface area contributed by atoms with Crippen molar-refractivity contribution in [3.63, 3.8) is 0 Å². The molecule has 0 fully saturated rings. The summed E-state index contributed by atoms with van der Waals surface area (Å²) in [7, 11) is 0. The standard InChI is InChI=1S/C12H8Br2ClN3O2/c13-7-5-16-18(12(20)11(7)14)6-10(19)17-9-4-2-1-3-8(9)15/h1-5H,6H2,(H,17,19). The number of para-hydroxylation sites is 1. The molecule has 1 aromatic carbocycles. The number of amides is 1. The fraction of sp³-hybridized carbons (Fsp3) is 0.0833. The minimum Gasteiger partial charge on any atom is -0.323 e. The molecule has 0 saturated carbocycles. The molecule has 20 heavy (non-hydrogen) atoms. The highest BCUT2D eigenvalue weighted by atomic mass is 79.9. The average molecular weight is 421 g/mol. The molecule has 0 radical (unpaired) electrons. The zero-order valence-electron chi connectivity index (χ0n) is 9.94. The van der Waals surface area contributed by atoms with Crippen LogP contribution in [0.3, 0.4) is 0 Å². The Hall–Kier alpha value is -1.18. The third-order valence-corrected chi connectivity index (χ3v) is 4.61. The topological polar surface area (TPSA) is 64.0 Å². The maximum atomic E-state index is 11.9. The maximum Gasteiger partial charge on any atom is 0.282 e. The van der Waals surface area contributed by atoms with Crippen molar-refractivity contribution in [1.82, 2.24) is 9.78 Å². The Morgan fingerprint density at radius 3 is 2.75 bits per heavy atom. The van der Waals surface area contributed by atoms with E-state index in [0.717, 1.165) is 4.68 Å². The molecule has 1 N–H and O–H groups in total. The zero-order chi connectivity index (χ0) is 14.7. The zero-order valence-corrected chi connectivity index (χ0v) is 13.9. The minimum atomic E-state index is -0.395. The number of nitrogens with one attached hydrogen (secondary N) is 1. The molecule has 0 aliphatic carbocycles. The molecule has 5 nitrogen and oxygen atoms in total. The van der Waals surface area contributed by atoms with Crippen molar-refractivity contribution in [3.05, 3.63) is 54.8 Å². The Morgan fingerprint density at radius 1 is 1.35 bits per heavy atom. The summed E-state index contributed by atoms with van der Waals surface area (Å²) in [6.45, 7) is -0.198. The minimum absolute atomic E-state index is 0.198. The molecular formula is C12H8Br2ClN3O2. The number of benzene rings is 1. The second kappa shape index (κ2) is 6.51. The number of hydrogen-bond acceptors (Lipinski definition) is 3. The third kappa shape index (κ3) is 3.47. The van der Waals surface area contributed by atoms with Crippen molar-refractivity contribution in [1.29, 1.82) is 0 Å². The SMILES string of the molecule is O=C(Cn1ncc(Br)c(Br)c1=O)Nc1ccccc1Cl. The summed E-state index contributed by atoms with van der Waals surface area (Å²) in [5.41, 5.74) is 0.0945. The molecule has 104 valence electrons. The van der Waals surface area contributed by atoms with Gasteiger partial charge in [0.25, 0.3) is 5.56 Å². The summed E-state index contributed by atoms with van der Waals surface area (Å²) in [5, 5.41) is 6.93. The quantitative estimate of drug-likeness (QED) is 0.829. The molecule has 0 atom stereocenters. The number of halogens is 3. The largest absolute Gasteiger partial charge is 0.323 e. The number of anilines is 1. The molecule has 1 heterocycles. The fourth-order valence-corrected chi connectivity index (χ4v) is 2.20. The van der Waals surface area contributed by atoms with E-state index in [1.165, 1.54) is 6.20 Å². The van der Waals surface area contributed by atoms with Crippen molar-refractivity contribution in [2.75, 3.05) is 5.32 Å². The van der Waals surface area contributed by atoms with Crippen LogP contribution in [-0.2, 0) is 11.3 Å². The molecule has 0 spiro atoms.